The van der Waals surface area contributed by atoms with E-state index >= 15 is 0 Å². The van der Waals surface area contributed by atoms with Crippen LogP contribution in [0.15, 0.2) is 54.7 Å². The van der Waals surface area contributed by atoms with Crippen molar-refractivity contribution in [1.29, 1.82) is 0 Å². The molecule has 4 N–H and O–H groups in total. The highest BCUT2D eigenvalue weighted by molar-refractivity contribution is 7.99. The van der Waals surface area contributed by atoms with Crippen LogP contribution in [0, 0.1) is 5.92 Å². The number of nitrogens with one attached hydrogen (secondary N) is 4. The molecule has 0 aliphatic carbocycles. The van der Waals surface area contributed by atoms with Crippen molar-refractivity contribution in [3.8, 4) is 33.6 Å². The average molecular weight is 805 g/mol. The Balaban J connectivity index is 1.14. The molecule has 4 heterocycles. The fourth-order valence-corrected chi connectivity index (χ4v) is 8.37. The first-order chi connectivity index (χ1) is 27.0. The second-order valence-corrected chi connectivity index (χ2v) is 15.9. The maximum Gasteiger partial charge on any atom is 0.407 e. The minimum absolute atomic E-state index is 0.134. The standard InChI is InChI=1S/C40H49ClN8O6S/c1-7-28(44-39(52)54-4)37(50)49-21-27(56-6)19-31(49)35-42-20-29(43-35)25-14-10-23(11-15-25)24-12-16-26(17-13-24)33-34(41)47-36(45-33)30-9-8-18-48(30)38(51)32(22(2)3)46-40(53)55-5/h10-17,20,22,27-28,30-32H,7-9,18-19,21H2,1-6H3,(H,42,43)(H,44,52)(H,45,47)(H,46,53)/t27-,28-,30-,31-,32-/m0/s1. The number of ether oxygens (including phenoxy) is 2. The lowest BCUT2D eigenvalue weighted by molar-refractivity contribution is -0.135. The van der Waals surface area contributed by atoms with Crippen molar-refractivity contribution in [2.45, 2.75) is 75.9 Å². The number of hydrogen-bond donors (Lipinski definition) is 4. The van der Waals surface area contributed by atoms with Gasteiger partial charge < -0.3 is 39.9 Å². The molecule has 0 bridgehead atoms. The fourth-order valence-electron chi connectivity index (χ4n) is 7.44. The zero-order chi connectivity index (χ0) is 40.1. The predicted molar refractivity (Wildman–Crippen MR) is 216 cm³/mol. The first-order valence-corrected chi connectivity index (χ1v) is 20.5. The van der Waals surface area contributed by atoms with E-state index in [0.717, 1.165) is 47.2 Å². The molecule has 6 rings (SSSR count). The molecule has 14 nitrogen and oxygen atoms in total. The van der Waals surface area contributed by atoms with E-state index in [-0.39, 0.29) is 35.1 Å². The Morgan fingerprint density at radius 1 is 0.875 bits per heavy atom. The molecule has 2 fully saturated rings. The van der Waals surface area contributed by atoms with Gasteiger partial charge in [0.2, 0.25) is 11.8 Å². The molecule has 4 aromatic rings. The van der Waals surface area contributed by atoms with E-state index in [1.54, 1.807) is 22.9 Å². The molecule has 2 aromatic carbocycles. The third-order valence-electron chi connectivity index (χ3n) is 10.6. The number of likely N-dealkylation sites (tertiary alicyclic amines) is 2. The quantitative estimate of drug-likeness (QED) is 0.118. The number of carbonyl (C=O) groups is 4. The molecule has 56 heavy (non-hydrogen) atoms. The van der Waals surface area contributed by atoms with E-state index in [1.807, 2.05) is 68.3 Å². The van der Waals surface area contributed by atoms with Crippen LogP contribution in [0.25, 0.3) is 33.6 Å². The fraction of sp³-hybridized carbons (Fsp3) is 0.450. The first-order valence-electron chi connectivity index (χ1n) is 18.8. The number of imidazole rings is 2. The van der Waals surface area contributed by atoms with Crippen LogP contribution in [0.2, 0.25) is 5.15 Å². The first kappa shape index (κ1) is 40.6. The summed E-state index contributed by atoms with van der Waals surface area (Å²) in [6, 6.07) is 14.2. The summed E-state index contributed by atoms with van der Waals surface area (Å²) in [6.45, 7) is 6.74. The van der Waals surface area contributed by atoms with Gasteiger partial charge in [0.1, 0.15) is 34.6 Å². The van der Waals surface area contributed by atoms with Crippen LogP contribution in [0.3, 0.4) is 0 Å². The minimum atomic E-state index is -0.725. The van der Waals surface area contributed by atoms with E-state index < -0.39 is 24.3 Å². The molecule has 0 radical (unpaired) electrons. The summed E-state index contributed by atoms with van der Waals surface area (Å²) in [5.74, 6) is 0.847. The van der Waals surface area contributed by atoms with Crippen molar-refractivity contribution >= 4 is 47.4 Å². The minimum Gasteiger partial charge on any atom is -0.453 e. The molecule has 5 atom stereocenters. The van der Waals surface area contributed by atoms with Crippen molar-refractivity contribution < 1.29 is 28.7 Å². The maximum absolute atomic E-state index is 13.6. The number of H-pyrrole nitrogens is 2. The van der Waals surface area contributed by atoms with Crippen molar-refractivity contribution in [2.24, 2.45) is 5.92 Å². The number of halogens is 1. The van der Waals surface area contributed by atoms with Gasteiger partial charge in [0, 0.05) is 23.9 Å². The Morgan fingerprint density at radius 2 is 1.50 bits per heavy atom. The van der Waals surface area contributed by atoms with Gasteiger partial charge in [-0.2, -0.15) is 11.8 Å². The van der Waals surface area contributed by atoms with Crippen LogP contribution in [0.1, 0.15) is 70.2 Å². The van der Waals surface area contributed by atoms with Gasteiger partial charge in [-0.05, 0) is 54.5 Å². The monoisotopic (exact) mass is 804 g/mol. The Bertz CT molecular complexity index is 2020. The SMILES string of the molecule is CC[C@H](NC(=O)OC)C(=O)N1C[C@@H](SC)C[C@H]1c1ncc(-c2ccc(-c3ccc(-c4nc([C@@H]5CCCN5C(=O)[C@@H](NC(=O)OC)C(C)C)[nH]c4Cl)cc3)cc2)[nH]1. The van der Waals surface area contributed by atoms with Crippen molar-refractivity contribution in [2.75, 3.05) is 33.6 Å². The van der Waals surface area contributed by atoms with Gasteiger partial charge in [-0.25, -0.2) is 19.6 Å². The molecular weight excluding hydrogens is 756 g/mol. The lowest BCUT2D eigenvalue weighted by atomic mass is 10.0. The number of amides is 4. The van der Waals surface area contributed by atoms with Crippen LogP contribution in [-0.4, -0.2) is 105 Å². The van der Waals surface area contributed by atoms with Crippen molar-refractivity contribution in [3.63, 3.8) is 0 Å². The van der Waals surface area contributed by atoms with E-state index in [1.165, 1.54) is 14.2 Å². The third-order valence-corrected chi connectivity index (χ3v) is 11.9. The van der Waals surface area contributed by atoms with Crippen LogP contribution in [0.4, 0.5) is 9.59 Å². The molecule has 2 aromatic heterocycles. The number of aromatic nitrogens is 4. The van der Waals surface area contributed by atoms with Gasteiger partial charge in [-0.3, -0.25) is 9.59 Å². The van der Waals surface area contributed by atoms with Crippen LogP contribution in [0.5, 0.6) is 0 Å². The van der Waals surface area contributed by atoms with Gasteiger partial charge in [0.15, 0.2) is 0 Å². The molecule has 2 saturated heterocycles. The van der Waals surface area contributed by atoms with Crippen LogP contribution in [-0.2, 0) is 19.1 Å². The highest BCUT2D eigenvalue weighted by atomic mass is 35.5. The zero-order valence-electron chi connectivity index (χ0n) is 32.4. The summed E-state index contributed by atoms with van der Waals surface area (Å²) in [7, 11) is 2.56. The molecule has 298 valence electrons. The average Bonchev–Trinajstić information content (AvgIpc) is 4.04. The lowest BCUT2D eigenvalue weighted by Gasteiger charge is -2.29. The number of rotatable bonds is 12. The Hall–Kier alpha value is -5.02. The second kappa shape index (κ2) is 17.8. The number of benzene rings is 2. The number of aromatic amines is 2. The van der Waals surface area contributed by atoms with Crippen LogP contribution < -0.4 is 10.6 Å². The highest BCUT2D eigenvalue weighted by Crippen LogP contribution is 2.38. The number of thioether (sulfide) groups is 1. The summed E-state index contributed by atoms with van der Waals surface area (Å²) in [5.41, 5.74) is 5.26. The predicted octanol–water partition coefficient (Wildman–Crippen LogP) is 6.97. The van der Waals surface area contributed by atoms with E-state index in [4.69, 9.17) is 31.0 Å². The van der Waals surface area contributed by atoms with Crippen molar-refractivity contribution in [1.82, 2.24) is 40.4 Å². The number of carbonyl (C=O) groups excluding carboxylic acids is 4. The highest BCUT2D eigenvalue weighted by Gasteiger charge is 2.41. The second-order valence-electron chi connectivity index (χ2n) is 14.4. The molecule has 2 aliphatic heterocycles. The summed E-state index contributed by atoms with van der Waals surface area (Å²) in [6.07, 6.45) is 5.28. The third kappa shape index (κ3) is 8.68. The molecular formula is C40H49ClN8O6S. The normalized spacial score (nSPS) is 19.2. The summed E-state index contributed by atoms with van der Waals surface area (Å²) in [4.78, 5) is 70.8. The van der Waals surface area contributed by atoms with Gasteiger partial charge in [-0.1, -0.05) is 80.9 Å². The maximum atomic E-state index is 13.6. The molecule has 16 heteroatoms. The number of nitrogens with zero attached hydrogens (tertiary/aromatic N) is 4. The number of methoxy groups -OCH3 is 2. The zero-order valence-corrected chi connectivity index (χ0v) is 34.0. The molecule has 0 spiro atoms. The van der Waals surface area contributed by atoms with Gasteiger partial charge >= 0.3 is 12.2 Å². The topological polar surface area (TPSA) is 175 Å². The van der Waals surface area contributed by atoms with E-state index in [9.17, 15) is 19.2 Å². The molecule has 2 aliphatic rings. The summed E-state index contributed by atoms with van der Waals surface area (Å²) < 4.78 is 9.49. The number of hydrogen-bond acceptors (Lipinski definition) is 9. The smallest absolute Gasteiger partial charge is 0.407 e. The molecule has 0 unspecified atom stereocenters. The Morgan fingerprint density at radius 3 is 2.11 bits per heavy atom. The van der Waals surface area contributed by atoms with Gasteiger partial charge in [-0.15, -0.1) is 0 Å². The van der Waals surface area contributed by atoms with E-state index in [0.29, 0.717) is 42.0 Å². The lowest BCUT2D eigenvalue weighted by Crippen LogP contribution is -2.51. The molecule has 0 saturated carbocycles. The van der Waals surface area contributed by atoms with Gasteiger partial charge in [0.05, 0.1) is 38.2 Å². The number of alkyl carbamates (subject to hydrolysis) is 2. The Kier molecular flexibility index (Phi) is 12.9. The van der Waals surface area contributed by atoms with Crippen LogP contribution >= 0.6 is 23.4 Å². The summed E-state index contributed by atoms with van der Waals surface area (Å²) >= 11 is 8.42. The molecule has 4 amide bonds. The van der Waals surface area contributed by atoms with E-state index in [2.05, 4.69) is 32.7 Å². The largest absolute Gasteiger partial charge is 0.453 e. The Labute approximate surface area is 335 Å². The van der Waals surface area contributed by atoms with Gasteiger partial charge in [0.25, 0.3) is 0 Å². The summed E-state index contributed by atoms with van der Waals surface area (Å²) in [5, 5.41) is 5.98. The van der Waals surface area contributed by atoms with Crippen molar-refractivity contribution in [3.05, 3.63) is 71.5 Å².